The van der Waals surface area contributed by atoms with Crippen LogP contribution < -0.4 is 5.73 Å². The van der Waals surface area contributed by atoms with E-state index in [9.17, 15) is 17.6 Å². The number of sulfone groups is 1. The molecule has 0 saturated heterocycles. The molecule has 0 fully saturated rings. The monoisotopic (exact) mass is 274 g/mol. The van der Waals surface area contributed by atoms with Crippen molar-refractivity contribution in [3.8, 4) is 0 Å². The predicted octanol–water partition coefficient (Wildman–Crippen LogP) is 0.524. The van der Waals surface area contributed by atoms with E-state index < -0.39 is 21.6 Å². The summed E-state index contributed by atoms with van der Waals surface area (Å²) in [7, 11) is -1.65. The average molecular weight is 274 g/mol. The van der Waals surface area contributed by atoms with Gasteiger partial charge in [-0.3, -0.25) is 4.79 Å². The SMILES string of the molecule is CN(CCS(C)(=O)=O)C(=O)c1ccc(F)c(N)c1. The maximum atomic E-state index is 12.9. The fraction of sp³-hybridized carbons (Fsp3) is 0.364. The molecule has 7 heteroatoms. The molecule has 1 aromatic carbocycles. The van der Waals surface area contributed by atoms with E-state index in [1.807, 2.05) is 0 Å². The van der Waals surface area contributed by atoms with Crippen LogP contribution in [0.3, 0.4) is 0 Å². The van der Waals surface area contributed by atoms with Gasteiger partial charge in [-0.05, 0) is 18.2 Å². The molecule has 0 atom stereocenters. The highest BCUT2D eigenvalue weighted by Crippen LogP contribution is 2.13. The number of nitrogen functional groups attached to an aromatic ring is 1. The second kappa shape index (κ2) is 5.34. The molecule has 0 radical (unpaired) electrons. The minimum atomic E-state index is -3.13. The van der Waals surface area contributed by atoms with Crippen LogP contribution >= 0.6 is 0 Å². The zero-order chi connectivity index (χ0) is 13.9. The Kier molecular flexibility index (Phi) is 4.28. The molecule has 100 valence electrons. The van der Waals surface area contributed by atoms with Crippen LogP contribution in [0, 0.1) is 5.82 Å². The van der Waals surface area contributed by atoms with Crippen molar-refractivity contribution in [3.05, 3.63) is 29.6 Å². The van der Waals surface area contributed by atoms with Gasteiger partial charge in [0.2, 0.25) is 0 Å². The molecule has 5 nitrogen and oxygen atoms in total. The molecule has 0 spiro atoms. The van der Waals surface area contributed by atoms with Crippen LogP contribution in [0.15, 0.2) is 18.2 Å². The van der Waals surface area contributed by atoms with Crippen LogP contribution in [-0.2, 0) is 9.84 Å². The van der Waals surface area contributed by atoms with Gasteiger partial charge in [0.1, 0.15) is 15.7 Å². The third kappa shape index (κ3) is 3.99. The van der Waals surface area contributed by atoms with Crippen LogP contribution in [0.25, 0.3) is 0 Å². The Bertz CT molecular complexity index is 557. The van der Waals surface area contributed by atoms with E-state index in [4.69, 9.17) is 5.73 Å². The number of anilines is 1. The summed E-state index contributed by atoms with van der Waals surface area (Å²) in [6.45, 7) is 0.0783. The van der Waals surface area contributed by atoms with Gasteiger partial charge in [0.05, 0.1) is 11.4 Å². The maximum absolute atomic E-state index is 12.9. The molecule has 18 heavy (non-hydrogen) atoms. The highest BCUT2D eigenvalue weighted by atomic mass is 32.2. The lowest BCUT2D eigenvalue weighted by Gasteiger charge is -2.16. The molecule has 0 bridgehead atoms. The number of hydrogen-bond acceptors (Lipinski definition) is 4. The van der Waals surface area contributed by atoms with Crippen molar-refractivity contribution in [2.24, 2.45) is 0 Å². The van der Waals surface area contributed by atoms with Gasteiger partial charge >= 0.3 is 0 Å². The van der Waals surface area contributed by atoms with E-state index in [2.05, 4.69) is 0 Å². The summed E-state index contributed by atoms with van der Waals surface area (Å²) in [6, 6.07) is 3.65. The summed E-state index contributed by atoms with van der Waals surface area (Å²) in [5.41, 5.74) is 5.47. The Hall–Kier alpha value is -1.63. The van der Waals surface area contributed by atoms with Gasteiger partial charge in [-0.25, -0.2) is 12.8 Å². The summed E-state index contributed by atoms with van der Waals surface area (Å²) < 4.78 is 34.9. The Morgan fingerprint density at radius 1 is 1.44 bits per heavy atom. The van der Waals surface area contributed by atoms with Crippen LogP contribution in [0.5, 0.6) is 0 Å². The number of halogens is 1. The van der Waals surface area contributed by atoms with E-state index in [1.165, 1.54) is 24.1 Å². The second-order valence-corrected chi connectivity index (χ2v) is 6.35. The number of nitrogens with zero attached hydrogens (tertiary/aromatic N) is 1. The Morgan fingerprint density at radius 3 is 2.56 bits per heavy atom. The van der Waals surface area contributed by atoms with Crippen molar-refractivity contribution in [2.75, 3.05) is 31.3 Å². The lowest BCUT2D eigenvalue weighted by molar-refractivity contribution is 0.0803. The molecule has 0 aliphatic rings. The molecule has 0 saturated carbocycles. The van der Waals surface area contributed by atoms with Crippen LogP contribution in [0.1, 0.15) is 10.4 Å². The molecule has 0 aromatic heterocycles. The largest absolute Gasteiger partial charge is 0.396 e. The first-order valence-electron chi connectivity index (χ1n) is 5.19. The number of hydrogen-bond donors (Lipinski definition) is 1. The summed E-state index contributed by atoms with van der Waals surface area (Å²) in [4.78, 5) is 13.1. The summed E-state index contributed by atoms with van der Waals surface area (Å²) in [5, 5.41) is 0. The molecule has 1 rings (SSSR count). The van der Waals surface area contributed by atoms with Gasteiger partial charge in [0.15, 0.2) is 0 Å². The van der Waals surface area contributed by atoms with Gasteiger partial charge in [0.25, 0.3) is 5.91 Å². The molecule has 0 aliphatic heterocycles. The van der Waals surface area contributed by atoms with Crippen molar-refractivity contribution in [2.45, 2.75) is 0 Å². The van der Waals surface area contributed by atoms with Crippen molar-refractivity contribution in [1.29, 1.82) is 0 Å². The highest BCUT2D eigenvalue weighted by Gasteiger charge is 2.14. The first kappa shape index (κ1) is 14.4. The van der Waals surface area contributed by atoms with E-state index in [1.54, 1.807) is 0 Å². The standard InChI is InChI=1S/C11H15FN2O3S/c1-14(5-6-18(2,16)17)11(15)8-3-4-9(12)10(13)7-8/h3-4,7H,5-6,13H2,1-2H3. The molecular formula is C11H15FN2O3S. The number of amides is 1. The Morgan fingerprint density at radius 2 is 2.06 bits per heavy atom. The lowest BCUT2D eigenvalue weighted by Crippen LogP contribution is -2.31. The molecule has 0 aliphatic carbocycles. The minimum absolute atomic E-state index is 0.0783. The van der Waals surface area contributed by atoms with Gasteiger partial charge in [-0.1, -0.05) is 0 Å². The van der Waals surface area contributed by atoms with E-state index in [0.29, 0.717) is 0 Å². The molecular weight excluding hydrogens is 259 g/mol. The quantitative estimate of drug-likeness (QED) is 0.812. The average Bonchev–Trinajstić information content (AvgIpc) is 2.27. The number of carbonyl (C=O) groups is 1. The predicted molar refractivity (Wildman–Crippen MR) is 67.5 cm³/mol. The molecule has 1 amide bonds. The summed E-state index contributed by atoms with van der Waals surface area (Å²) in [5.74, 6) is -1.11. The fourth-order valence-electron chi connectivity index (χ4n) is 1.30. The zero-order valence-electron chi connectivity index (χ0n) is 10.2. The Balaban J connectivity index is 2.77. The molecule has 1 aromatic rings. The third-order valence-electron chi connectivity index (χ3n) is 2.39. The zero-order valence-corrected chi connectivity index (χ0v) is 11.0. The van der Waals surface area contributed by atoms with E-state index in [0.717, 1.165) is 12.3 Å². The summed E-state index contributed by atoms with van der Waals surface area (Å²) >= 11 is 0. The lowest BCUT2D eigenvalue weighted by atomic mass is 10.1. The molecule has 0 heterocycles. The molecule has 2 N–H and O–H groups in total. The number of rotatable bonds is 4. The van der Waals surface area contributed by atoms with Crippen molar-refractivity contribution in [1.82, 2.24) is 4.90 Å². The van der Waals surface area contributed by atoms with Gasteiger partial charge in [-0.2, -0.15) is 0 Å². The van der Waals surface area contributed by atoms with Crippen molar-refractivity contribution < 1.29 is 17.6 Å². The minimum Gasteiger partial charge on any atom is -0.396 e. The van der Waals surface area contributed by atoms with E-state index >= 15 is 0 Å². The van der Waals surface area contributed by atoms with Gasteiger partial charge in [0, 0.05) is 25.4 Å². The number of benzene rings is 1. The normalized spacial score (nSPS) is 11.3. The summed E-state index contributed by atoms with van der Waals surface area (Å²) in [6.07, 6.45) is 1.10. The number of nitrogens with two attached hydrogens (primary N) is 1. The van der Waals surface area contributed by atoms with Crippen molar-refractivity contribution >= 4 is 21.4 Å². The van der Waals surface area contributed by atoms with Gasteiger partial charge in [-0.15, -0.1) is 0 Å². The van der Waals surface area contributed by atoms with Gasteiger partial charge < -0.3 is 10.6 Å². The topological polar surface area (TPSA) is 80.5 Å². The second-order valence-electron chi connectivity index (χ2n) is 4.09. The smallest absolute Gasteiger partial charge is 0.253 e. The third-order valence-corrected chi connectivity index (χ3v) is 3.31. The Labute approximate surface area is 105 Å². The van der Waals surface area contributed by atoms with E-state index in [-0.39, 0.29) is 23.5 Å². The van der Waals surface area contributed by atoms with Crippen LogP contribution in [0.2, 0.25) is 0 Å². The first-order chi connectivity index (χ1) is 8.20. The molecule has 0 unspecified atom stereocenters. The maximum Gasteiger partial charge on any atom is 0.253 e. The van der Waals surface area contributed by atoms with Crippen molar-refractivity contribution in [3.63, 3.8) is 0 Å². The first-order valence-corrected chi connectivity index (χ1v) is 7.25. The van der Waals surface area contributed by atoms with Crippen LogP contribution in [-0.4, -0.2) is 44.8 Å². The van der Waals surface area contributed by atoms with Crippen LogP contribution in [0.4, 0.5) is 10.1 Å². The fourth-order valence-corrected chi connectivity index (χ4v) is 1.91. The highest BCUT2D eigenvalue weighted by molar-refractivity contribution is 7.90. The number of carbonyl (C=O) groups excluding carboxylic acids is 1.